The quantitative estimate of drug-likeness (QED) is 0.870. The minimum Gasteiger partial charge on any atom is -0.333 e. The molecule has 1 amide bonds. The number of aromatic amines is 1. The molecule has 0 fully saturated rings. The second kappa shape index (κ2) is 8.02. The molecule has 0 atom stereocenters. The lowest BCUT2D eigenvalue weighted by Crippen LogP contribution is -2.38. The van der Waals surface area contributed by atoms with Crippen LogP contribution in [0.25, 0.3) is 0 Å². The first-order chi connectivity index (χ1) is 11.8. The van der Waals surface area contributed by atoms with Crippen molar-refractivity contribution in [1.29, 1.82) is 0 Å². The van der Waals surface area contributed by atoms with Gasteiger partial charge in [-0.25, -0.2) is 8.78 Å². The molecular weight excluding hydrogens is 328 g/mol. The number of amides is 1. The van der Waals surface area contributed by atoms with Crippen LogP contribution in [0.5, 0.6) is 0 Å². The highest BCUT2D eigenvalue weighted by molar-refractivity contribution is 5.93. The molecule has 5 nitrogen and oxygen atoms in total. The van der Waals surface area contributed by atoms with Crippen molar-refractivity contribution < 1.29 is 13.6 Å². The SMILES string of the molecule is Cc1ccc(C(=O)N(CCN(C)C)Cc2ccc(F)c(F)c2)c(=O)[nH]1. The van der Waals surface area contributed by atoms with Crippen molar-refractivity contribution in [2.75, 3.05) is 27.2 Å². The van der Waals surface area contributed by atoms with E-state index >= 15 is 0 Å². The minimum atomic E-state index is -0.967. The van der Waals surface area contributed by atoms with Gasteiger partial charge in [-0.05, 0) is 50.8 Å². The molecule has 0 bridgehead atoms. The van der Waals surface area contributed by atoms with E-state index in [9.17, 15) is 18.4 Å². The van der Waals surface area contributed by atoms with Crippen LogP contribution in [0, 0.1) is 18.6 Å². The Bertz CT molecular complexity index is 818. The number of nitrogens with one attached hydrogen (secondary N) is 1. The highest BCUT2D eigenvalue weighted by Crippen LogP contribution is 2.13. The van der Waals surface area contributed by atoms with Gasteiger partial charge in [-0.1, -0.05) is 6.07 Å². The molecule has 0 saturated heterocycles. The van der Waals surface area contributed by atoms with Gasteiger partial charge in [0, 0.05) is 25.3 Å². The molecule has 0 aliphatic carbocycles. The van der Waals surface area contributed by atoms with E-state index in [1.165, 1.54) is 17.0 Å². The van der Waals surface area contributed by atoms with Crippen LogP contribution in [0.3, 0.4) is 0 Å². The Labute approximate surface area is 144 Å². The average Bonchev–Trinajstić information content (AvgIpc) is 2.54. The van der Waals surface area contributed by atoms with E-state index in [1.54, 1.807) is 13.0 Å². The number of hydrogen-bond donors (Lipinski definition) is 1. The number of nitrogens with zero attached hydrogens (tertiary/aromatic N) is 2. The van der Waals surface area contributed by atoms with E-state index in [-0.39, 0.29) is 12.1 Å². The molecule has 0 unspecified atom stereocenters. The molecule has 1 aromatic carbocycles. The van der Waals surface area contributed by atoms with E-state index in [4.69, 9.17) is 0 Å². The lowest BCUT2D eigenvalue weighted by Gasteiger charge is -2.24. The summed E-state index contributed by atoms with van der Waals surface area (Å²) >= 11 is 0. The van der Waals surface area contributed by atoms with Crippen LogP contribution in [0.1, 0.15) is 21.6 Å². The second-order valence-corrected chi connectivity index (χ2v) is 6.16. The van der Waals surface area contributed by atoms with E-state index < -0.39 is 23.1 Å². The van der Waals surface area contributed by atoms with Crippen molar-refractivity contribution in [2.24, 2.45) is 0 Å². The summed E-state index contributed by atoms with van der Waals surface area (Å²) in [7, 11) is 3.72. The topological polar surface area (TPSA) is 56.4 Å². The Morgan fingerprint density at radius 3 is 2.40 bits per heavy atom. The van der Waals surface area contributed by atoms with Gasteiger partial charge < -0.3 is 14.8 Å². The molecule has 0 aliphatic heterocycles. The highest BCUT2D eigenvalue weighted by Gasteiger charge is 2.20. The summed E-state index contributed by atoms with van der Waals surface area (Å²) in [5.74, 6) is -2.36. The maximum absolute atomic E-state index is 13.4. The molecule has 0 radical (unpaired) electrons. The second-order valence-electron chi connectivity index (χ2n) is 6.16. The zero-order valence-electron chi connectivity index (χ0n) is 14.5. The first-order valence-electron chi connectivity index (χ1n) is 7.86. The van der Waals surface area contributed by atoms with Crippen LogP contribution in [-0.4, -0.2) is 47.9 Å². The molecule has 0 saturated carbocycles. The number of rotatable bonds is 6. The van der Waals surface area contributed by atoms with Gasteiger partial charge >= 0.3 is 0 Å². The molecule has 2 aromatic rings. The van der Waals surface area contributed by atoms with Crippen LogP contribution in [0.15, 0.2) is 35.1 Å². The van der Waals surface area contributed by atoms with Crippen molar-refractivity contribution in [3.8, 4) is 0 Å². The molecule has 25 heavy (non-hydrogen) atoms. The van der Waals surface area contributed by atoms with Crippen LogP contribution in [-0.2, 0) is 6.54 Å². The number of carbonyl (C=O) groups excluding carboxylic acids is 1. The predicted octanol–water partition coefficient (Wildman–Crippen LogP) is 2.17. The third kappa shape index (κ3) is 4.96. The molecule has 1 N–H and O–H groups in total. The average molecular weight is 349 g/mol. The van der Waals surface area contributed by atoms with E-state index in [0.717, 1.165) is 12.1 Å². The van der Waals surface area contributed by atoms with E-state index in [1.807, 2.05) is 19.0 Å². The zero-order chi connectivity index (χ0) is 18.6. The number of aryl methyl sites for hydroxylation is 1. The number of aromatic nitrogens is 1. The Hall–Kier alpha value is -2.54. The van der Waals surface area contributed by atoms with Crippen LogP contribution < -0.4 is 5.56 Å². The first-order valence-corrected chi connectivity index (χ1v) is 7.86. The summed E-state index contributed by atoms with van der Waals surface area (Å²) in [6, 6.07) is 6.64. The predicted molar refractivity (Wildman–Crippen MR) is 91.5 cm³/mol. The number of halogens is 2. The fourth-order valence-corrected chi connectivity index (χ4v) is 2.34. The van der Waals surface area contributed by atoms with Gasteiger partial charge in [0.2, 0.25) is 0 Å². The van der Waals surface area contributed by atoms with Crippen LogP contribution >= 0.6 is 0 Å². The number of H-pyrrole nitrogens is 1. The number of benzene rings is 1. The molecule has 134 valence electrons. The Morgan fingerprint density at radius 2 is 1.80 bits per heavy atom. The fourth-order valence-electron chi connectivity index (χ4n) is 2.34. The third-order valence-electron chi connectivity index (χ3n) is 3.75. The van der Waals surface area contributed by atoms with Crippen molar-refractivity contribution in [1.82, 2.24) is 14.8 Å². The Balaban J connectivity index is 2.29. The van der Waals surface area contributed by atoms with E-state index in [0.29, 0.717) is 24.3 Å². The summed E-state index contributed by atoms with van der Waals surface area (Å²) in [4.78, 5) is 30.8. The van der Waals surface area contributed by atoms with Gasteiger partial charge in [0.1, 0.15) is 5.56 Å². The van der Waals surface area contributed by atoms with Gasteiger partial charge in [0.25, 0.3) is 11.5 Å². The molecule has 2 rings (SSSR count). The molecule has 0 spiro atoms. The largest absolute Gasteiger partial charge is 0.333 e. The van der Waals surface area contributed by atoms with Crippen LogP contribution in [0.4, 0.5) is 8.78 Å². The minimum absolute atomic E-state index is 0.0203. The molecule has 7 heteroatoms. The van der Waals surface area contributed by atoms with Gasteiger partial charge in [0.15, 0.2) is 11.6 Å². The molecular formula is C18H21F2N3O2. The summed E-state index contributed by atoms with van der Waals surface area (Å²) in [6.45, 7) is 2.72. The first kappa shape index (κ1) is 18.8. The van der Waals surface area contributed by atoms with Gasteiger partial charge in [-0.15, -0.1) is 0 Å². The molecule has 1 aromatic heterocycles. The molecule has 1 heterocycles. The zero-order valence-corrected chi connectivity index (χ0v) is 14.5. The van der Waals surface area contributed by atoms with Crippen LogP contribution in [0.2, 0.25) is 0 Å². The van der Waals surface area contributed by atoms with E-state index in [2.05, 4.69) is 4.98 Å². The standard InChI is InChI=1S/C18H21F2N3O2/c1-12-4-6-14(17(24)21-12)18(25)23(9-8-22(2)3)11-13-5-7-15(19)16(20)10-13/h4-7,10H,8-9,11H2,1-3H3,(H,21,24). The summed E-state index contributed by atoms with van der Waals surface area (Å²) in [6.07, 6.45) is 0. The number of pyridine rings is 1. The Morgan fingerprint density at radius 1 is 1.08 bits per heavy atom. The van der Waals surface area contributed by atoms with Gasteiger partial charge in [-0.3, -0.25) is 9.59 Å². The van der Waals surface area contributed by atoms with Crippen molar-refractivity contribution in [3.05, 3.63) is 69.1 Å². The number of carbonyl (C=O) groups is 1. The number of hydrogen-bond acceptors (Lipinski definition) is 3. The summed E-state index contributed by atoms with van der Waals surface area (Å²) < 4.78 is 26.5. The maximum atomic E-state index is 13.4. The third-order valence-corrected chi connectivity index (χ3v) is 3.75. The monoisotopic (exact) mass is 349 g/mol. The van der Waals surface area contributed by atoms with Crippen molar-refractivity contribution in [2.45, 2.75) is 13.5 Å². The normalized spacial score (nSPS) is 11.0. The van der Waals surface area contributed by atoms with Crippen molar-refractivity contribution >= 4 is 5.91 Å². The Kier molecular flexibility index (Phi) is 6.03. The lowest BCUT2D eigenvalue weighted by molar-refractivity contribution is 0.0730. The highest BCUT2D eigenvalue weighted by atomic mass is 19.2. The lowest BCUT2D eigenvalue weighted by atomic mass is 10.1. The maximum Gasteiger partial charge on any atom is 0.260 e. The summed E-state index contributed by atoms with van der Waals surface area (Å²) in [5.41, 5.74) is 0.661. The van der Waals surface area contributed by atoms with Gasteiger partial charge in [0.05, 0.1) is 0 Å². The smallest absolute Gasteiger partial charge is 0.260 e. The van der Waals surface area contributed by atoms with Gasteiger partial charge in [-0.2, -0.15) is 0 Å². The fraction of sp³-hybridized carbons (Fsp3) is 0.333. The van der Waals surface area contributed by atoms with Crippen molar-refractivity contribution in [3.63, 3.8) is 0 Å². The number of likely N-dealkylation sites (N-methyl/N-ethyl adjacent to an activating group) is 1. The summed E-state index contributed by atoms with van der Waals surface area (Å²) in [5, 5.41) is 0. The molecule has 0 aliphatic rings.